The fourth-order valence-corrected chi connectivity index (χ4v) is 3.56. The van der Waals surface area contributed by atoms with Gasteiger partial charge in [-0.1, -0.05) is 17.7 Å². The molecule has 0 aliphatic carbocycles. The molecular weight excluding hydrogens is 264 g/mol. The maximum Gasteiger partial charge on any atom is 0.137 e. The van der Waals surface area contributed by atoms with E-state index in [1.165, 1.54) is 6.42 Å². The topological polar surface area (TPSA) is 56.5 Å². The van der Waals surface area contributed by atoms with Crippen LogP contribution in [-0.4, -0.2) is 19.3 Å². The van der Waals surface area contributed by atoms with Crippen molar-refractivity contribution in [3.63, 3.8) is 0 Å². The Kier molecular flexibility index (Phi) is 3.67. The van der Waals surface area contributed by atoms with E-state index in [1.54, 1.807) is 7.11 Å². The predicted molar refractivity (Wildman–Crippen MR) is 74.1 cm³/mol. The lowest BCUT2D eigenvalue weighted by Gasteiger charge is -2.28. The molecule has 1 aromatic rings. The Hall–Kier alpha value is -0.810. The van der Waals surface area contributed by atoms with Crippen molar-refractivity contribution in [3.05, 3.63) is 28.8 Å². The summed E-state index contributed by atoms with van der Waals surface area (Å²) in [5.74, 6) is 6.88. The number of methoxy groups -OCH3 is 1. The summed E-state index contributed by atoms with van der Waals surface area (Å²) in [7, 11) is 1.62. The molecule has 19 heavy (non-hydrogen) atoms. The highest BCUT2D eigenvalue weighted by molar-refractivity contribution is 6.32. The lowest BCUT2D eigenvalue weighted by Crippen LogP contribution is -2.37. The van der Waals surface area contributed by atoms with Gasteiger partial charge in [0, 0.05) is 5.92 Å². The van der Waals surface area contributed by atoms with Crippen LogP contribution in [-0.2, 0) is 4.74 Å². The highest BCUT2D eigenvalue weighted by atomic mass is 35.5. The van der Waals surface area contributed by atoms with Crippen LogP contribution in [0.25, 0.3) is 0 Å². The zero-order chi connectivity index (χ0) is 13.4. The third-order valence-electron chi connectivity index (χ3n) is 4.30. The van der Waals surface area contributed by atoms with Gasteiger partial charge in [0.15, 0.2) is 0 Å². The second-order valence-corrected chi connectivity index (χ2v) is 5.72. The van der Waals surface area contributed by atoms with E-state index in [9.17, 15) is 0 Å². The molecule has 0 radical (unpaired) electrons. The summed E-state index contributed by atoms with van der Waals surface area (Å²) in [5.41, 5.74) is 4.04. The zero-order valence-electron chi connectivity index (χ0n) is 10.9. The first kappa shape index (κ1) is 13.2. The standard InChI is InChI=1S/C14H19ClN2O2/c1-18-13-6-8(2-4-11(13)15)14(17-16)10-7-9-3-5-12(10)19-9/h2,4,6,9-10,12,14,17H,3,5,7,16H2,1H3. The third-order valence-corrected chi connectivity index (χ3v) is 4.61. The summed E-state index contributed by atoms with van der Waals surface area (Å²) < 4.78 is 11.2. The van der Waals surface area contributed by atoms with E-state index in [-0.39, 0.29) is 6.04 Å². The van der Waals surface area contributed by atoms with Gasteiger partial charge in [-0.05, 0) is 37.0 Å². The Balaban J connectivity index is 1.86. The second-order valence-electron chi connectivity index (χ2n) is 5.31. The number of hydrogen-bond acceptors (Lipinski definition) is 4. The zero-order valence-corrected chi connectivity index (χ0v) is 11.7. The van der Waals surface area contributed by atoms with E-state index in [0.717, 1.165) is 18.4 Å². The van der Waals surface area contributed by atoms with E-state index in [1.807, 2.05) is 18.2 Å². The second kappa shape index (κ2) is 5.29. The molecule has 0 amide bonds. The molecule has 2 aliphatic heterocycles. The average molecular weight is 283 g/mol. The average Bonchev–Trinajstić information content (AvgIpc) is 3.04. The van der Waals surface area contributed by atoms with Crippen LogP contribution < -0.4 is 16.0 Å². The molecule has 2 heterocycles. The fraction of sp³-hybridized carbons (Fsp3) is 0.571. The maximum absolute atomic E-state index is 6.07. The quantitative estimate of drug-likeness (QED) is 0.658. The van der Waals surface area contributed by atoms with Crippen molar-refractivity contribution in [2.24, 2.45) is 11.8 Å². The van der Waals surface area contributed by atoms with E-state index in [0.29, 0.717) is 28.9 Å². The predicted octanol–water partition coefficient (Wildman–Crippen LogP) is 2.42. The van der Waals surface area contributed by atoms with Crippen molar-refractivity contribution < 1.29 is 9.47 Å². The van der Waals surface area contributed by atoms with Crippen molar-refractivity contribution in [3.8, 4) is 5.75 Å². The summed E-state index contributed by atoms with van der Waals surface area (Å²) in [6, 6.07) is 5.90. The minimum Gasteiger partial charge on any atom is -0.495 e. The fourth-order valence-electron chi connectivity index (χ4n) is 3.36. The van der Waals surface area contributed by atoms with Gasteiger partial charge in [0.1, 0.15) is 5.75 Å². The van der Waals surface area contributed by atoms with Gasteiger partial charge in [0.05, 0.1) is 30.4 Å². The van der Waals surface area contributed by atoms with Crippen molar-refractivity contribution in [2.75, 3.05) is 7.11 Å². The smallest absolute Gasteiger partial charge is 0.137 e. The van der Waals surface area contributed by atoms with Crippen molar-refractivity contribution in [1.82, 2.24) is 5.43 Å². The normalized spacial score (nSPS) is 30.6. The molecule has 4 nitrogen and oxygen atoms in total. The number of ether oxygens (including phenoxy) is 2. The molecule has 2 aliphatic rings. The molecule has 1 aromatic carbocycles. The van der Waals surface area contributed by atoms with E-state index in [4.69, 9.17) is 26.9 Å². The Bertz CT molecular complexity index is 469. The first-order valence-electron chi connectivity index (χ1n) is 6.68. The van der Waals surface area contributed by atoms with Crippen LogP contribution in [0.15, 0.2) is 18.2 Å². The summed E-state index contributed by atoms with van der Waals surface area (Å²) in [4.78, 5) is 0. The number of nitrogens with one attached hydrogen (secondary N) is 1. The van der Waals surface area contributed by atoms with Gasteiger partial charge in [-0.25, -0.2) is 0 Å². The summed E-state index contributed by atoms with van der Waals surface area (Å²) >= 11 is 6.07. The molecule has 0 aromatic heterocycles. The lowest BCUT2D eigenvalue weighted by atomic mass is 9.81. The van der Waals surface area contributed by atoms with Crippen LogP contribution in [0.5, 0.6) is 5.75 Å². The van der Waals surface area contributed by atoms with Gasteiger partial charge >= 0.3 is 0 Å². The van der Waals surface area contributed by atoms with Crippen LogP contribution in [0.4, 0.5) is 0 Å². The van der Waals surface area contributed by atoms with Gasteiger partial charge in [0.25, 0.3) is 0 Å². The van der Waals surface area contributed by atoms with Gasteiger partial charge in [-0.2, -0.15) is 0 Å². The van der Waals surface area contributed by atoms with E-state index >= 15 is 0 Å². The molecule has 0 spiro atoms. The van der Waals surface area contributed by atoms with Crippen LogP contribution in [0.3, 0.4) is 0 Å². The minimum absolute atomic E-state index is 0.0847. The van der Waals surface area contributed by atoms with Crippen LogP contribution >= 0.6 is 11.6 Å². The highest BCUT2D eigenvalue weighted by Crippen LogP contribution is 2.45. The van der Waals surface area contributed by atoms with Crippen molar-refractivity contribution >= 4 is 11.6 Å². The van der Waals surface area contributed by atoms with Crippen molar-refractivity contribution in [2.45, 2.75) is 37.5 Å². The van der Waals surface area contributed by atoms with Crippen LogP contribution in [0, 0.1) is 5.92 Å². The first-order chi connectivity index (χ1) is 9.22. The van der Waals surface area contributed by atoms with Crippen LogP contribution in [0.1, 0.15) is 30.9 Å². The number of hydrazine groups is 1. The number of fused-ring (bicyclic) bond motifs is 2. The van der Waals surface area contributed by atoms with Gasteiger partial charge in [-0.15, -0.1) is 0 Å². The van der Waals surface area contributed by atoms with Gasteiger partial charge < -0.3 is 9.47 Å². The van der Waals surface area contributed by atoms with Gasteiger partial charge in [-0.3, -0.25) is 11.3 Å². The molecule has 3 rings (SSSR count). The monoisotopic (exact) mass is 282 g/mol. The molecular formula is C14H19ClN2O2. The van der Waals surface area contributed by atoms with E-state index < -0.39 is 0 Å². The first-order valence-corrected chi connectivity index (χ1v) is 7.05. The molecule has 4 atom stereocenters. The Morgan fingerprint density at radius 2 is 2.32 bits per heavy atom. The Morgan fingerprint density at radius 3 is 2.89 bits per heavy atom. The maximum atomic E-state index is 6.07. The third kappa shape index (κ3) is 2.34. The molecule has 5 heteroatoms. The summed E-state index contributed by atoms with van der Waals surface area (Å²) in [5, 5.41) is 0.617. The van der Waals surface area contributed by atoms with E-state index in [2.05, 4.69) is 5.43 Å². The van der Waals surface area contributed by atoms with Gasteiger partial charge in [0.2, 0.25) is 0 Å². The molecule has 2 saturated heterocycles. The number of benzene rings is 1. The number of nitrogens with two attached hydrogens (primary N) is 1. The van der Waals surface area contributed by atoms with Crippen LogP contribution in [0.2, 0.25) is 5.02 Å². The molecule has 2 bridgehead atoms. The molecule has 0 saturated carbocycles. The summed E-state index contributed by atoms with van der Waals surface area (Å²) in [6.07, 6.45) is 4.14. The highest BCUT2D eigenvalue weighted by Gasteiger charge is 2.44. The number of rotatable bonds is 4. The SMILES string of the molecule is COc1cc(C(NN)C2CC3CCC2O3)ccc1Cl. The number of hydrogen-bond donors (Lipinski definition) is 2. The minimum atomic E-state index is 0.0847. The Labute approximate surface area is 118 Å². The Morgan fingerprint density at radius 1 is 1.47 bits per heavy atom. The molecule has 4 unspecified atom stereocenters. The number of halogens is 1. The lowest BCUT2D eigenvalue weighted by molar-refractivity contribution is 0.0856. The summed E-state index contributed by atoms with van der Waals surface area (Å²) in [6.45, 7) is 0. The molecule has 2 fully saturated rings. The largest absolute Gasteiger partial charge is 0.495 e. The molecule has 3 N–H and O–H groups in total. The molecule has 104 valence electrons. The van der Waals surface area contributed by atoms with Crippen molar-refractivity contribution in [1.29, 1.82) is 0 Å².